The second-order valence-electron chi connectivity index (χ2n) is 5.99. The summed E-state index contributed by atoms with van der Waals surface area (Å²) in [6, 6.07) is 13.6. The molecule has 0 aliphatic heterocycles. The van der Waals surface area contributed by atoms with Gasteiger partial charge in [-0.3, -0.25) is 14.9 Å². The molecule has 1 amide bonds. The van der Waals surface area contributed by atoms with Gasteiger partial charge >= 0.3 is 0 Å². The number of sulfonamides is 1. The highest BCUT2D eigenvalue weighted by atomic mass is 32.2. The number of nitro groups is 1. The van der Waals surface area contributed by atoms with Gasteiger partial charge in [-0.15, -0.1) is 0 Å². The SMILES string of the molecule is CC(c1cccc([N+](=O)[O-])c1)N(C)C(=O)CCNS(=O)(=O)c1ccccc1. The lowest BCUT2D eigenvalue weighted by molar-refractivity contribution is -0.384. The standard InChI is InChI=1S/C18H21N3O5S/c1-14(15-7-6-8-16(13-15)21(23)24)20(2)18(22)11-12-19-27(25,26)17-9-4-3-5-10-17/h3-10,13-14,19H,11-12H2,1-2H3. The summed E-state index contributed by atoms with van der Waals surface area (Å²) in [6.45, 7) is 1.72. The lowest BCUT2D eigenvalue weighted by atomic mass is 10.1. The maximum atomic E-state index is 12.4. The molecule has 2 aromatic carbocycles. The van der Waals surface area contributed by atoms with E-state index in [-0.39, 0.29) is 35.5 Å². The van der Waals surface area contributed by atoms with Gasteiger partial charge in [-0.2, -0.15) is 0 Å². The normalized spacial score (nSPS) is 12.4. The molecule has 9 heteroatoms. The van der Waals surface area contributed by atoms with E-state index >= 15 is 0 Å². The van der Waals surface area contributed by atoms with E-state index in [1.165, 1.54) is 29.2 Å². The number of hydrogen-bond donors (Lipinski definition) is 1. The molecule has 1 atom stereocenters. The van der Waals surface area contributed by atoms with Crippen molar-refractivity contribution in [3.05, 3.63) is 70.3 Å². The molecule has 0 radical (unpaired) electrons. The van der Waals surface area contributed by atoms with E-state index in [1.54, 1.807) is 44.3 Å². The lowest BCUT2D eigenvalue weighted by Crippen LogP contribution is -2.33. The molecular weight excluding hydrogens is 370 g/mol. The highest BCUT2D eigenvalue weighted by Crippen LogP contribution is 2.23. The Morgan fingerprint density at radius 3 is 2.48 bits per heavy atom. The fraction of sp³-hybridized carbons (Fsp3) is 0.278. The molecule has 0 fully saturated rings. The van der Waals surface area contributed by atoms with Crippen LogP contribution in [0.2, 0.25) is 0 Å². The Balaban J connectivity index is 1.95. The van der Waals surface area contributed by atoms with Crippen LogP contribution in [0.3, 0.4) is 0 Å². The Kier molecular flexibility index (Phi) is 6.65. The van der Waals surface area contributed by atoms with Crippen molar-refractivity contribution in [3.8, 4) is 0 Å². The molecule has 0 aliphatic rings. The first-order chi connectivity index (χ1) is 12.7. The van der Waals surface area contributed by atoms with E-state index < -0.39 is 14.9 Å². The van der Waals surface area contributed by atoms with Crippen LogP contribution in [0.1, 0.15) is 24.9 Å². The maximum Gasteiger partial charge on any atom is 0.269 e. The van der Waals surface area contributed by atoms with Gasteiger partial charge in [0, 0.05) is 32.1 Å². The molecule has 0 spiro atoms. The maximum absolute atomic E-state index is 12.4. The molecule has 0 heterocycles. The van der Waals surface area contributed by atoms with Gasteiger partial charge < -0.3 is 4.90 Å². The van der Waals surface area contributed by atoms with Crippen LogP contribution in [0.4, 0.5) is 5.69 Å². The second kappa shape index (κ2) is 8.74. The van der Waals surface area contributed by atoms with Crippen molar-refractivity contribution in [2.45, 2.75) is 24.3 Å². The van der Waals surface area contributed by atoms with Crippen LogP contribution in [-0.4, -0.2) is 37.7 Å². The Labute approximate surface area is 158 Å². The molecule has 27 heavy (non-hydrogen) atoms. The van der Waals surface area contributed by atoms with Gasteiger partial charge in [0.25, 0.3) is 5.69 Å². The summed E-state index contributed by atoms with van der Waals surface area (Å²) in [5.74, 6) is -0.273. The van der Waals surface area contributed by atoms with Gasteiger partial charge in [-0.05, 0) is 24.6 Å². The van der Waals surface area contributed by atoms with Gasteiger partial charge in [-0.1, -0.05) is 30.3 Å². The molecule has 0 bridgehead atoms. The highest BCUT2D eigenvalue weighted by molar-refractivity contribution is 7.89. The number of nitrogens with zero attached hydrogens (tertiary/aromatic N) is 2. The molecule has 8 nitrogen and oxygen atoms in total. The first-order valence-corrected chi connectivity index (χ1v) is 9.75. The topological polar surface area (TPSA) is 110 Å². The van der Waals surface area contributed by atoms with Crippen LogP contribution in [0, 0.1) is 10.1 Å². The van der Waals surface area contributed by atoms with Crippen molar-refractivity contribution in [2.75, 3.05) is 13.6 Å². The average molecular weight is 391 g/mol. The first-order valence-electron chi connectivity index (χ1n) is 8.27. The van der Waals surface area contributed by atoms with E-state index in [0.29, 0.717) is 5.56 Å². The predicted octanol–water partition coefficient (Wildman–Crippen LogP) is 2.48. The number of non-ortho nitro benzene ring substituents is 1. The summed E-state index contributed by atoms with van der Waals surface area (Å²) in [5.41, 5.74) is 0.584. The Morgan fingerprint density at radius 1 is 1.19 bits per heavy atom. The third kappa shape index (κ3) is 5.35. The first kappa shape index (κ1) is 20.5. The Bertz CT molecular complexity index is 916. The Hall–Kier alpha value is -2.78. The van der Waals surface area contributed by atoms with E-state index in [1.807, 2.05) is 0 Å². The van der Waals surface area contributed by atoms with Gasteiger partial charge in [0.15, 0.2) is 0 Å². The summed E-state index contributed by atoms with van der Waals surface area (Å²) in [4.78, 5) is 24.3. The average Bonchev–Trinajstić information content (AvgIpc) is 2.67. The molecule has 1 N–H and O–H groups in total. The number of benzene rings is 2. The van der Waals surface area contributed by atoms with E-state index in [4.69, 9.17) is 0 Å². The highest BCUT2D eigenvalue weighted by Gasteiger charge is 2.20. The van der Waals surface area contributed by atoms with Crippen molar-refractivity contribution >= 4 is 21.6 Å². The van der Waals surface area contributed by atoms with Crippen LogP contribution in [0.25, 0.3) is 0 Å². The summed E-state index contributed by atoms with van der Waals surface area (Å²) in [6.07, 6.45) is -0.0260. The van der Waals surface area contributed by atoms with Crippen LogP contribution < -0.4 is 4.72 Å². The second-order valence-corrected chi connectivity index (χ2v) is 7.76. The monoisotopic (exact) mass is 391 g/mol. The minimum absolute atomic E-state index is 0.0260. The zero-order valence-corrected chi connectivity index (χ0v) is 15.8. The van der Waals surface area contributed by atoms with Gasteiger partial charge in [0.2, 0.25) is 15.9 Å². The molecule has 0 aromatic heterocycles. The molecule has 2 rings (SSSR count). The fourth-order valence-corrected chi connectivity index (χ4v) is 3.54. The predicted molar refractivity (Wildman–Crippen MR) is 101 cm³/mol. The van der Waals surface area contributed by atoms with Crippen molar-refractivity contribution < 1.29 is 18.1 Å². The number of hydrogen-bond acceptors (Lipinski definition) is 5. The minimum atomic E-state index is -3.66. The molecule has 144 valence electrons. The Morgan fingerprint density at radius 2 is 1.85 bits per heavy atom. The lowest BCUT2D eigenvalue weighted by Gasteiger charge is -2.25. The van der Waals surface area contributed by atoms with Gasteiger partial charge in [-0.25, -0.2) is 13.1 Å². The molecular formula is C18H21N3O5S. The van der Waals surface area contributed by atoms with Crippen LogP contribution >= 0.6 is 0 Å². The van der Waals surface area contributed by atoms with E-state index in [0.717, 1.165) is 0 Å². The summed E-state index contributed by atoms with van der Waals surface area (Å²) >= 11 is 0. The smallest absolute Gasteiger partial charge is 0.269 e. The number of rotatable bonds is 8. The minimum Gasteiger partial charge on any atom is -0.339 e. The largest absolute Gasteiger partial charge is 0.339 e. The zero-order valence-electron chi connectivity index (χ0n) is 15.0. The molecule has 0 saturated heterocycles. The van der Waals surface area contributed by atoms with Crippen LogP contribution in [0.15, 0.2) is 59.5 Å². The number of amides is 1. The third-order valence-electron chi connectivity index (χ3n) is 4.22. The molecule has 2 aromatic rings. The van der Waals surface area contributed by atoms with Crippen LogP contribution in [0.5, 0.6) is 0 Å². The van der Waals surface area contributed by atoms with Gasteiger partial charge in [0.1, 0.15) is 0 Å². The van der Waals surface area contributed by atoms with Crippen LogP contribution in [-0.2, 0) is 14.8 Å². The number of nitrogens with one attached hydrogen (secondary N) is 1. The molecule has 0 saturated carbocycles. The summed E-state index contributed by atoms with van der Waals surface area (Å²) in [7, 11) is -2.08. The number of nitro benzene ring substituents is 1. The molecule has 0 aliphatic carbocycles. The van der Waals surface area contributed by atoms with Gasteiger partial charge in [0.05, 0.1) is 15.9 Å². The van der Waals surface area contributed by atoms with Crippen molar-refractivity contribution in [1.82, 2.24) is 9.62 Å². The zero-order chi connectivity index (χ0) is 20.0. The molecule has 1 unspecified atom stereocenters. The van der Waals surface area contributed by atoms with E-state index in [9.17, 15) is 23.3 Å². The number of carbonyl (C=O) groups is 1. The summed E-state index contributed by atoms with van der Waals surface area (Å²) < 4.78 is 26.7. The third-order valence-corrected chi connectivity index (χ3v) is 5.70. The van der Waals surface area contributed by atoms with E-state index in [2.05, 4.69) is 4.72 Å². The van der Waals surface area contributed by atoms with Crippen molar-refractivity contribution in [1.29, 1.82) is 0 Å². The number of carbonyl (C=O) groups excluding carboxylic acids is 1. The quantitative estimate of drug-likeness (QED) is 0.549. The van der Waals surface area contributed by atoms with Crippen molar-refractivity contribution in [2.24, 2.45) is 0 Å². The summed E-state index contributed by atoms with van der Waals surface area (Å²) in [5, 5.41) is 10.9. The van der Waals surface area contributed by atoms with Crippen molar-refractivity contribution in [3.63, 3.8) is 0 Å². The fourth-order valence-electron chi connectivity index (χ4n) is 2.49.